The van der Waals surface area contributed by atoms with Crippen LogP contribution in [-0.2, 0) is 16.0 Å². The number of piperazine rings is 1. The minimum atomic E-state index is -0.378. The Morgan fingerprint density at radius 3 is 2.54 bits per heavy atom. The third-order valence-electron chi connectivity index (χ3n) is 4.06. The second-order valence-corrected chi connectivity index (χ2v) is 5.87. The monoisotopic (exact) mass is 356 g/mol. The average Bonchev–Trinajstić information content (AvgIpc) is 2.67. The first-order chi connectivity index (χ1) is 12.6. The zero-order chi connectivity index (χ0) is 18.8. The van der Waals surface area contributed by atoms with Gasteiger partial charge in [0.2, 0.25) is 0 Å². The highest BCUT2D eigenvalue weighted by Crippen LogP contribution is 2.07. The van der Waals surface area contributed by atoms with E-state index in [-0.39, 0.29) is 17.6 Å². The van der Waals surface area contributed by atoms with E-state index in [1.807, 2.05) is 41.3 Å². The van der Waals surface area contributed by atoms with Crippen LogP contribution in [0.5, 0.6) is 0 Å². The van der Waals surface area contributed by atoms with Gasteiger partial charge in [-0.1, -0.05) is 30.3 Å². The highest BCUT2D eigenvalue weighted by atomic mass is 16.6. The molecule has 26 heavy (non-hydrogen) atoms. The van der Waals surface area contributed by atoms with Crippen LogP contribution in [0.4, 0.5) is 4.79 Å². The van der Waals surface area contributed by atoms with Gasteiger partial charge in [-0.2, -0.15) is 5.26 Å². The molecule has 0 unspecified atom stereocenters. The van der Waals surface area contributed by atoms with Gasteiger partial charge in [-0.3, -0.25) is 4.79 Å². The number of benzene rings is 1. The van der Waals surface area contributed by atoms with Gasteiger partial charge in [0.1, 0.15) is 11.6 Å². The molecule has 0 radical (unpaired) electrons. The molecule has 1 aliphatic rings. The number of nitrogens with one attached hydrogen (secondary N) is 1. The third-order valence-corrected chi connectivity index (χ3v) is 4.06. The van der Waals surface area contributed by atoms with Crippen LogP contribution in [0.3, 0.4) is 0 Å². The predicted octanol–water partition coefficient (Wildman–Crippen LogP) is 1.53. The predicted molar refractivity (Wildman–Crippen MR) is 97.0 cm³/mol. The first kappa shape index (κ1) is 19.3. The summed E-state index contributed by atoms with van der Waals surface area (Å²) < 4.78 is 4.97. The molecule has 0 aromatic heterocycles. The van der Waals surface area contributed by atoms with Crippen molar-refractivity contribution in [2.24, 2.45) is 0 Å². The van der Waals surface area contributed by atoms with Crippen molar-refractivity contribution in [2.45, 2.75) is 13.3 Å². The van der Waals surface area contributed by atoms with Crippen molar-refractivity contribution in [3.05, 3.63) is 47.7 Å². The quantitative estimate of drug-likeness (QED) is 0.617. The van der Waals surface area contributed by atoms with Crippen LogP contribution in [0.15, 0.2) is 42.1 Å². The number of nitriles is 1. The van der Waals surface area contributed by atoms with Gasteiger partial charge in [0, 0.05) is 38.9 Å². The van der Waals surface area contributed by atoms with E-state index in [0.717, 1.165) is 5.56 Å². The Balaban J connectivity index is 1.81. The van der Waals surface area contributed by atoms with Crippen molar-refractivity contribution in [3.8, 4) is 6.07 Å². The number of nitrogens with zero attached hydrogens (tertiary/aromatic N) is 3. The van der Waals surface area contributed by atoms with Gasteiger partial charge in [0.15, 0.2) is 0 Å². The van der Waals surface area contributed by atoms with E-state index in [0.29, 0.717) is 45.8 Å². The van der Waals surface area contributed by atoms with Crippen molar-refractivity contribution in [1.82, 2.24) is 15.1 Å². The fourth-order valence-electron chi connectivity index (χ4n) is 2.63. The fraction of sp³-hybridized carbons (Fsp3) is 0.421. The van der Waals surface area contributed by atoms with Gasteiger partial charge in [0.25, 0.3) is 5.91 Å². The Kier molecular flexibility index (Phi) is 7.49. The molecule has 2 amide bonds. The maximum Gasteiger partial charge on any atom is 0.409 e. The van der Waals surface area contributed by atoms with Crippen LogP contribution in [-0.4, -0.2) is 61.1 Å². The van der Waals surface area contributed by atoms with E-state index in [9.17, 15) is 14.9 Å². The molecule has 1 aromatic rings. The van der Waals surface area contributed by atoms with Gasteiger partial charge < -0.3 is 19.9 Å². The Morgan fingerprint density at radius 2 is 1.92 bits per heavy atom. The van der Waals surface area contributed by atoms with Gasteiger partial charge in [-0.05, 0) is 18.9 Å². The summed E-state index contributed by atoms with van der Waals surface area (Å²) in [6.45, 7) is 4.71. The summed E-state index contributed by atoms with van der Waals surface area (Å²) in [5.41, 5.74) is 1.20. The molecule has 1 heterocycles. The molecule has 0 aliphatic carbocycles. The third kappa shape index (κ3) is 5.81. The second-order valence-electron chi connectivity index (χ2n) is 5.87. The summed E-state index contributed by atoms with van der Waals surface area (Å²) in [6, 6.07) is 11.8. The van der Waals surface area contributed by atoms with Crippen molar-refractivity contribution >= 4 is 12.0 Å². The summed E-state index contributed by atoms with van der Waals surface area (Å²) in [7, 11) is 0. The molecule has 1 aliphatic heterocycles. The number of hydrogen-bond acceptors (Lipinski definition) is 5. The van der Waals surface area contributed by atoms with E-state index < -0.39 is 0 Å². The number of amides is 2. The zero-order valence-electron chi connectivity index (χ0n) is 15.0. The van der Waals surface area contributed by atoms with E-state index in [2.05, 4.69) is 5.32 Å². The highest BCUT2D eigenvalue weighted by Gasteiger charge is 2.21. The highest BCUT2D eigenvalue weighted by molar-refractivity contribution is 5.97. The van der Waals surface area contributed by atoms with Crippen LogP contribution in [0.25, 0.3) is 0 Å². The lowest BCUT2D eigenvalue weighted by Crippen LogP contribution is -2.47. The lowest BCUT2D eigenvalue weighted by molar-refractivity contribution is -0.117. The molecule has 0 atom stereocenters. The SMILES string of the molecule is CCOC(=O)N1CCN(C=C(C#N)C(=O)NCCc2ccccc2)CC1. The maximum absolute atomic E-state index is 12.2. The number of hydrogen-bond donors (Lipinski definition) is 1. The largest absolute Gasteiger partial charge is 0.450 e. The normalized spacial score (nSPS) is 14.5. The van der Waals surface area contributed by atoms with E-state index in [4.69, 9.17) is 4.74 Å². The average molecular weight is 356 g/mol. The molecule has 1 aromatic carbocycles. The van der Waals surface area contributed by atoms with Crippen molar-refractivity contribution in [2.75, 3.05) is 39.3 Å². The first-order valence-corrected chi connectivity index (χ1v) is 8.73. The Hall–Kier alpha value is -3.01. The number of ether oxygens (including phenoxy) is 1. The lowest BCUT2D eigenvalue weighted by atomic mass is 10.1. The summed E-state index contributed by atoms with van der Waals surface area (Å²) in [6.07, 6.45) is 1.96. The zero-order valence-corrected chi connectivity index (χ0v) is 15.0. The minimum absolute atomic E-state index is 0.0719. The molecule has 0 spiro atoms. The maximum atomic E-state index is 12.2. The van der Waals surface area contributed by atoms with Gasteiger partial charge in [-0.25, -0.2) is 4.79 Å². The van der Waals surface area contributed by atoms with E-state index in [1.165, 1.54) is 0 Å². The van der Waals surface area contributed by atoms with E-state index in [1.54, 1.807) is 18.0 Å². The van der Waals surface area contributed by atoms with Crippen LogP contribution in [0.2, 0.25) is 0 Å². The van der Waals surface area contributed by atoms with Gasteiger partial charge in [-0.15, -0.1) is 0 Å². The fourth-order valence-corrected chi connectivity index (χ4v) is 2.63. The molecule has 7 heteroatoms. The summed E-state index contributed by atoms with van der Waals surface area (Å²) in [5.74, 6) is -0.378. The van der Waals surface area contributed by atoms with Crippen molar-refractivity contribution in [3.63, 3.8) is 0 Å². The topological polar surface area (TPSA) is 85.7 Å². The molecular formula is C19H24N4O3. The van der Waals surface area contributed by atoms with Crippen LogP contribution >= 0.6 is 0 Å². The number of carbonyl (C=O) groups excluding carboxylic acids is 2. The van der Waals surface area contributed by atoms with Crippen molar-refractivity contribution < 1.29 is 14.3 Å². The second kappa shape index (κ2) is 10.1. The summed E-state index contributed by atoms with van der Waals surface area (Å²) in [4.78, 5) is 27.4. The standard InChI is InChI=1S/C19H24N4O3/c1-2-26-19(25)23-12-10-22(11-13-23)15-17(14-20)18(24)21-9-8-16-6-4-3-5-7-16/h3-7,15H,2,8-13H2,1H3,(H,21,24). The molecule has 1 saturated heterocycles. The summed E-state index contributed by atoms with van der Waals surface area (Å²) >= 11 is 0. The lowest BCUT2D eigenvalue weighted by Gasteiger charge is -2.33. The van der Waals surface area contributed by atoms with Crippen molar-refractivity contribution in [1.29, 1.82) is 5.26 Å². The molecule has 0 bridgehead atoms. The van der Waals surface area contributed by atoms with E-state index >= 15 is 0 Å². The Bertz CT molecular complexity index is 674. The van der Waals surface area contributed by atoms with Crippen LogP contribution < -0.4 is 5.32 Å². The summed E-state index contributed by atoms with van der Waals surface area (Å²) in [5, 5.41) is 12.0. The molecule has 1 N–H and O–H groups in total. The van der Waals surface area contributed by atoms with Crippen LogP contribution in [0.1, 0.15) is 12.5 Å². The Labute approximate surface area is 153 Å². The molecule has 2 rings (SSSR count). The molecule has 7 nitrogen and oxygen atoms in total. The smallest absolute Gasteiger partial charge is 0.409 e. The molecule has 1 fully saturated rings. The molecular weight excluding hydrogens is 332 g/mol. The van der Waals surface area contributed by atoms with Gasteiger partial charge >= 0.3 is 6.09 Å². The Morgan fingerprint density at radius 1 is 1.23 bits per heavy atom. The van der Waals surface area contributed by atoms with Gasteiger partial charge in [0.05, 0.1) is 6.61 Å². The molecule has 0 saturated carbocycles. The first-order valence-electron chi connectivity index (χ1n) is 8.73. The molecule has 138 valence electrons. The minimum Gasteiger partial charge on any atom is -0.450 e. The van der Waals surface area contributed by atoms with Crippen LogP contribution in [0, 0.1) is 11.3 Å². The number of rotatable bonds is 6. The number of carbonyl (C=O) groups is 2.